The number of nitrogens with one attached hydrogen (secondary N) is 2. The van der Waals surface area contributed by atoms with Gasteiger partial charge in [0, 0.05) is 12.8 Å². The van der Waals surface area contributed by atoms with E-state index in [1.54, 1.807) is 0 Å². The molecule has 2 aromatic carbocycles. The number of unbranched alkanes of at least 4 members (excludes halogenated alkanes) is 2. The summed E-state index contributed by atoms with van der Waals surface area (Å²) >= 11 is 0. The predicted molar refractivity (Wildman–Crippen MR) is 137 cm³/mol. The number of rotatable bonds is 12. The Balaban J connectivity index is 0.00000212. The summed E-state index contributed by atoms with van der Waals surface area (Å²) in [5.74, 6) is 0.509. The van der Waals surface area contributed by atoms with E-state index in [9.17, 15) is 0 Å². The zero-order valence-corrected chi connectivity index (χ0v) is 20.1. The summed E-state index contributed by atoms with van der Waals surface area (Å²) in [5.41, 5.74) is 16.1. The maximum atomic E-state index is 7.29. The molecule has 0 saturated heterocycles. The average Bonchev–Trinajstić information content (AvgIpc) is 2.80. The third kappa shape index (κ3) is 14.1. The molecule has 0 aliphatic heterocycles. The van der Waals surface area contributed by atoms with E-state index in [1.807, 2.05) is 27.7 Å². The highest BCUT2D eigenvalue weighted by molar-refractivity contribution is 5.77. The first kappa shape index (κ1) is 28.4. The van der Waals surface area contributed by atoms with Gasteiger partial charge in [0.2, 0.25) is 0 Å². The van der Waals surface area contributed by atoms with Gasteiger partial charge in [-0.05, 0) is 60.8 Å². The number of amidine groups is 2. The average molecular weight is 425 g/mol. The van der Waals surface area contributed by atoms with Gasteiger partial charge in [0.1, 0.15) is 0 Å². The third-order valence-corrected chi connectivity index (χ3v) is 4.84. The Morgan fingerprint density at radius 1 is 0.516 bits per heavy atom. The van der Waals surface area contributed by atoms with Crippen LogP contribution in [-0.2, 0) is 25.7 Å². The van der Waals surface area contributed by atoms with Crippen molar-refractivity contribution in [3.63, 3.8) is 0 Å². The number of nitrogens with two attached hydrogens (primary N) is 2. The Morgan fingerprint density at radius 2 is 0.774 bits per heavy atom. The van der Waals surface area contributed by atoms with Gasteiger partial charge < -0.3 is 11.5 Å². The van der Waals surface area contributed by atoms with Crippen LogP contribution in [0.15, 0.2) is 48.5 Å². The highest BCUT2D eigenvalue weighted by Gasteiger charge is 2.00. The number of aryl methyl sites for hydroxylation is 4. The Bertz CT molecular complexity index is 654. The lowest BCUT2D eigenvalue weighted by molar-refractivity contribution is 0.678. The molecule has 0 atom stereocenters. The molecule has 0 saturated carbocycles. The van der Waals surface area contributed by atoms with Crippen LogP contribution >= 0.6 is 0 Å². The number of hydrogen-bond acceptors (Lipinski definition) is 2. The first-order valence-electron chi connectivity index (χ1n) is 11.8. The summed E-state index contributed by atoms with van der Waals surface area (Å²) in [6.45, 7) is 8.00. The van der Waals surface area contributed by atoms with E-state index in [1.165, 1.54) is 41.5 Å². The van der Waals surface area contributed by atoms with Crippen LogP contribution in [0.5, 0.6) is 0 Å². The van der Waals surface area contributed by atoms with E-state index >= 15 is 0 Å². The Hall–Kier alpha value is -2.62. The molecular formula is C27H44N4. The molecule has 0 heterocycles. The fraction of sp³-hybridized carbons (Fsp3) is 0.481. The summed E-state index contributed by atoms with van der Waals surface area (Å²) in [5, 5.41) is 14.6. The molecule has 0 fully saturated rings. The lowest BCUT2D eigenvalue weighted by atomic mass is 10.0. The summed E-state index contributed by atoms with van der Waals surface area (Å²) in [6, 6.07) is 17.4. The molecule has 0 aromatic heterocycles. The maximum Gasteiger partial charge on any atom is 0.0908 e. The van der Waals surface area contributed by atoms with Crippen LogP contribution in [-0.4, -0.2) is 11.7 Å². The quantitative estimate of drug-likeness (QED) is 0.179. The molecule has 2 rings (SSSR count). The molecular weight excluding hydrogens is 380 g/mol. The second kappa shape index (κ2) is 18.2. The Labute approximate surface area is 190 Å². The molecule has 6 N–H and O–H groups in total. The fourth-order valence-corrected chi connectivity index (χ4v) is 3.14. The second-order valence-corrected chi connectivity index (χ2v) is 7.24. The van der Waals surface area contributed by atoms with Crippen LogP contribution in [0.3, 0.4) is 0 Å². The van der Waals surface area contributed by atoms with Crippen LogP contribution in [0.2, 0.25) is 0 Å². The predicted octanol–water partition coefficient (Wildman–Crippen LogP) is 6.43. The minimum atomic E-state index is 0.254. The van der Waals surface area contributed by atoms with Gasteiger partial charge in [0.05, 0.1) is 11.7 Å². The van der Waals surface area contributed by atoms with Crippen LogP contribution in [0.4, 0.5) is 0 Å². The first-order valence-corrected chi connectivity index (χ1v) is 11.8. The lowest BCUT2D eigenvalue weighted by Gasteiger charge is -2.06. The highest BCUT2D eigenvalue weighted by Crippen LogP contribution is 2.13. The molecule has 0 spiro atoms. The molecule has 0 bridgehead atoms. The second-order valence-electron chi connectivity index (χ2n) is 7.24. The molecule has 4 nitrogen and oxygen atoms in total. The van der Waals surface area contributed by atoms with Crippen molar-refractivity contribution in [3.8, 4) is 0 Å². The maximum absolute atomic E-state index is 7.29. The monoisotopic (exact) mass is 424 g/mol. The van der Waals surface area contributed by atoms with E-state index < -0.39 is 0 Å². The van der Waals surface area contributed by atoms with Gasteiger partial charge in [-0.3, -0.25) is 10.8 Å². The molecule has 0 amide bonds. The lowest BCUT2D eigenvalue weighted by Crippen LogP contribution is -2.10. The molecule has 4 heteroatoms. The highest BCUT2D eigenvalue weighted by atomic mass is 14.7. The van der Waals surface area contributed by atoms with Crippen molar-refractivity contribution in [2.24, 2.45) is 11.5 Å². The van der Waals surface area contributed by atoms with Crippen molar-refractivity contribution in [1.82, 2.24) is 0 Å². The van der Waals surface area contributed by atoms with E-state index in [0.717, 1.165) is 25.7 Å². The Kier molecular flexibility index (Phi) is 16.6. The zero-order valence-electron chi connectivity index (χ0n) is 20.1. The molecule has 172 valence electrons. The van der Waals surface area contributed by atoms with Crippen molar-refractivity contribution >= 4 is 11.7 Å². The first-order chi connectivity index (χ1) is 15.0. The van der Waals surface area contributed by atoms with Crippen molar-refractivity contribution < 1.29 is 0 Å². The van der Waals surface area contributed by atoms with E-state index in [-0.39, 0.29) is 11.7 Å². The topological polar surface area (TPSA) is 99.7 Å². The van der Waals surface area contributed by atoms with Gasteiger partial charge in [-0.2, -0.15) is 0 Å². The SMILES string of the molecule is CC.CC.N=C(N)CCc1ccc(CCCCCc2ccc(CCC(=N)N)cc2)cc1. The standard InChI is InChI=1S/C23H32N4.2C2H6/c24-22(25)16-14-20-10-6-18(7-11-20)4-2-1-3-5-19-8-12-21(13-9-19)15-17-23(26)27;2*1-2/h6-13H,1-5,14-17H2,(H3,24,25)(H3,26,27);2*1-2H3. The molecule has 0 radical (unpaired) electrons. The van der Waals surface area contributed by atoms with Gasteiger partial charge in [-0.1, -0.05) is 82.6 Å². The normalized spacial score (nSPS) is 9.68. The van der Waals surface area contributed by atoms with Crippen LogP contribution in [0.1, 0.15) is 82.1 Å². The zero-order chi connectivity index (χ0) is 23.5. The minimum Gasteiger partial charge on any atom is -0.388 e. The van der Waals surface area contributed by atoms with Gasteiger partial charge in [-0.15, -0.1) is 0 Å². The van der Waals surface area contributed by atoms with Crippen molar-refractivity contribution in [2.75, 3.05) is 0 Å². The van der Waals surface area contributed by atoms with Crippen molar-refractivity contribution in [3.05, 3.63) is 70.8 Å². The van der Waals surface area contributed by atoms with Gasteiger partial charge in [0.25, 0.3) is 0 Å². The summed E-state index contributed by atoms with van der Waals surface area (Å²) in [4.78, 5) is 0. The minimum absolute atomic E-state index is 0.254. The summed E-state index contributed by atoms with van der Waals surface area (Å²) in [7, 11) is 0. The smallest absolute Gasteiger partial charge is 0.0908 e. The van der Waals surface area contributed by atoms with E-state index in [0.29, 0.717) is 12.8 Å². The number of hydrogen-bond donors (Lipinski definition) is 4. The summed E-state index contributed by atoms with van der Waals surface area (Å²) < 4.78 is 0. The molecule has 2 aromatic rings. The van der Waals surface area contributed by atoms with Crippen LogP contribution in [0, 0.1) is 10.8 Å². The van der Waals surface area contributed by atoms with E-state index in [4.69, 9.17) is 22.3 Å². The van der Waals surface area contributed by atoms with Crippen LogP contribution in [0.25, 0.3) is 0 Å². The molecule has 0 aliphatic rings. The fourth-order valence-electron chi connectivity index (χ4n) is 3.14. The van der Waals surface area contributed by atoms with E-state index in [2.05, 4.69) is 48.5 Å². The molecule has 0 unspecified atom stereocenters. The van der Waals surface area contributed by atoms with Gasteiger partial charge >= 0.3 is 0 Å². The van der Waals surface area contributed by atoms with Crippen LogP contribution < -0.4 is 11.5 Å². The third-order valence-electron chi connectivity index (χ3n) is 4.84. The van der Waals surface area contributed by atoms with Crippen molar-refractivity contribution in [2.45, 2.75) is 85.5 Å². The van der Waals surface area contributed by atoms with Gasteiger partial charge in [-0.25, -0.2) is 0 Å². The molecule has 0 aliphatic carbocycles. The molecule has 31 heavy (non-hydrogen) atoms. The largest absolute Gasteiger partial charge is 0.388 e. The number of benzene rings is 2. The summed E-state index contributed by atoms with van der Waals surface area (Å²) in [6.07, 6.45) is 8.87. The van der Waals surface area contributed by atoms with Crippen molar-refractivity contribution in [1.29, 1.82) is 10.8 Å². The Morgan fingerprint density at radius 3 is 1.03 bits per heavy atom. The van der Waals surface area contributed by atoms with Gasteiger partial charge in [0.15, 0.2) is 0 Å².